The third-order valence-electron chi connectivity index (χ3n) is 4.43. The summed E-state index contributed by atoms with van der Waals surface area (Å²) >= 11 is 0. The van der Waals surface area contributed by atoms with E-state index in [2.05, 4.69) is 36.4 Å². The standard InChI is InChI=1S/C16H22N4/c1-10-15(11(2)20(3)19-10)9-18-16-7-4-12-8-13(17)5-6-14(12)16/h5-6,8,16,18H,4,7,9,17H2,1-3H3. The van der Waals surface area contributed by atoms with E-state index in [1.54, 1.807) is 0 Å². The van der Waals surface area contributed by atoms with Gasteiger partial charge in [0, 0.05) is 36.6 Å². The van der Waals surface area contributed by atoms with Crippen LogP contribution < -0.4 is 11.1 Å². The summed E-state index contributed by atoms with van der Waals surface area (Å²) in [5.41, 5.74) is 13.2. The van der Waals surface area contributed by atoms with Crippen LogP contribution in [0.2, 0.25) is 0 Å². The van der Waals surface area contributed by atoms with Gasteiger partial charge in [-0.2, -0.15) is 5.10 Å². The molecular formula is C16H22N4. The van der Waals surface area contributed by atoms with Crippen LogP contribution in [0, 0.1) is 13.8 Å². The quantitative estimate of drug-likeness (QED) is 0.842. The Labute approximate surface area is 120 Å². The largest absolute Gasteiger partial charge is 0.399 e. The maximum atomic E-state index is 5.85. The summed E-state index contributed by atoms with van der Waals surface area (Å²) < 4.78 is 1.95. The van der Waals surface area contributed by atoms with Crippen LogP contribution >= 0.6 is 0 Å². The van der Waals surface area contributed by atoms with Crippen LogP contribution in [0.1, 0.15) is 40.5 Å². The van der Waals surface area contributed by atoms with E-state index in [9.17, 15) is 0 Å². The first-order chi connectivity index (χ1) is 9.56. The Morgan fingerprint density at radius 1 is 1.40 bits per heavy atom. The zero-order chi connectivity index (χ0) is 14.3. The van der Waals surface area contributed by atoms with Crippen LogP contribution in [-0.4, -0.2) is 9.78 Å². The predicted octanol–water partition coefficient (Wildman–Crippen LogP) is 2.40. The summed E-state index contributed by atoms with van der Waals surface area (Å²) in [6.45, 7) is 5.08. The van der Waals surface area contributed by atoms with Crippen molar-refractivity contribution in [2.75, 3.05) is 5.73 Å². The molecule has 106 valence electrons. The second-order valence-electron chi connectivity index (χ2n) is 5.70. The van der Waals surface area contributed by atoms with E-state index in [0.29, 0.717) is 6.04 Å². The van der Waals surface area contributed by atoms with Gasteiger partial charge in [0.15, 0.2) is 0 Å². The maximum absolute atomic E-state index is 5.85. The van der Waals surface area contributed by atoms with Gasteiger partial charge in [0.05, 0.1) is 5.69 Å². The molecule has 1 aromatic carbocycles. The van der Waals surface area contributed by atoms with Gasteiger partial charge >= 0.3 is 0 Å². The zero-order valence-electron chi connectivity index (χ0n) is 12.4. The van der Waals surface area contributed by atoms with Gasteiger partial charge in [-0.15, -0.1) is 0 Å². The van der Waals surface area contributed by atoms with Crippen molar-refractivity contribution in [3.63, 3.8) is 0 Å². The number of hydrogen-bond acceptors (Lipinski definition) is 3. The molecule has 2 aromatic rings. The number of aryl methyl sites for hydroxylation is 3. The molecule has 0 saturated carbocycles. The molecule has 1 atom stereocenters. The summed E-state index contributed by atoms with van der Waals surface area (Å²) in [5.74, 6) is 0. The van der Waals surface area contributed by atoms with E-state index < -0.39 is 0 Å². The molecule has 0 amide bonds. The Morgan fingerprint density at radius 3 is 2.90 bits per heavy atom. The minimum atomic E-state index is 0.435. The molecule has 20 heavy (non-hydrogen) atoms. The SMILES string of the molecule is Cc1nn(C)c(C)c1CNC1CCc2cc(N)ccc21. The molecule has 1 aliphatic rings. The summed E-state index contributed by atoms with van der Waals surface area (Å²) in [4.78, 5) is 0. The summed E-state index contributed by atoms with van der Waals surface area (Å²) in [6, 6.07) is 6.71. The highest BCUT2D eigenvalue weighted by molar-refractivity contribution is 5.47. The number of aromatic nitrogens is 2. The molecule has 3 rings (SSSR count). The summed E-state index contributed by atoms with van der Waals surface area (Å²) in [7, 11) is 2.00. The lowest BCUT2D eigenvalue weighted by atomic mass is 10.1. The highest BCUT2D eigenvalue weighted by Crippen LogP contribution is 2.32. The molecule has 0 aliphatic heterocycles. The number of hydrogen-bond donors (Lipinski definition) is 2. The molecule has 4 heteroatoms. The molecular weight excluding hydrogens is 248 g/mol. The van der Waals surface area contributed by atoms with Crippen molar-refractivity contribution in [3.8, 4) is 0 Å². The van der Waals surface area contributed by atoms with E-state index in [0.717, 1.165) is 30.8 Å². The monoisotopic (exact) mass is 270 g/mol. The molecule has 0 bridgehead atoms. The van der Waals surface area contributed by atoms with Crippen molar-refractivity contribution >= 4 is 5.69 Å². The second kappa shape index (κ2) is 4.94. The number of nitrogen functional groups attached to an aromatic ring is 1. The Morgan fingerprint density at radius 2 is 2.20 bits per heavy atom. The number of nitrogens with two attached hydrogens (primary N) is 1. The van der Waals surface area contributed by atoms with E-state index >= 15 is 0 Å². The number of nitrogens with zero attached hydrogens (tertiary/aromatic N) is 2. The second-order valence-corrected chi connectivity index (χ2v) is 5.70. The fraction of sp³-hybridized carbons (Fsp3) is 0.438. The first-order valence-corrected chi connectivity index (χ1v) is 7.17. The smallest absolute Gasteiger partial charge is 0.0641 e. The van der Waals surface area contributed by atoms with Crippen molar-refractivity contribution in [1.29, 1.82) is 0 Å². The predicted molar refractivity (Wildman–Crippen MR) is 81.4 cm³/mol. The van der Waals surface area contributed by atoms with Gasteiger partial charge in [-0.1, -0.05) is 6.07 Å². The average molecular weight is 270 g/mol. The lowest BCUT2D eigenvalue weighted by molar-refractivity contribution is 0.528. The molecule has 0 saturated heterocycles. The Kier molecular flexibility index (Phi) is 3.26. The lowest BCUT2D eigenvalue weighted by Gasteiger charge is -2.14. The molecule has 0 fully saturated rings. The number of anilines is 1. The minimum absolute atomic E-state index is 0.435. The van der Waals surface area contributed by atoms with Crippen molar-refractivity contribution < 1.29 is 0 Å². The van der Waals surface area contributed by atoms with Gasteiger partial charge in [0.2, 0.25) is 0 Å². The molecule has 4 nitrogen and oxygen atoms in total. The van der Waals surface area contributed by atoms with E-state index in [-0.39, 0.29) is 0 Å². The van der Waals surface area contributed by atoms with E-state index in [4.69, 9.17) is 5.73 Å². The van der Waals surface area contributed by atoms with Crippen molar-refractivity contribution in [3.05, 3.63) is 46.3 Å². The third-order valence-corrected chi connectivity index (χ3v) is 4.43. The van der Waals surface area contributed by atoms with Crippen LogP contribution in [-0.2, 0) is 20.0 Å². The molecule has 0 spiro atoms. The van der Waals surface area contributed by atoms with Gasteiger partial charge in [0.1, 0.15) is 0 Å². The van der Waals surface area contributed by atoms with E-state index in [1.165, 1.54) is 22.4 Å². The van der Waals surface area contributed by atoms with Crippen molar-refractivity contribution in [2.24, 2.45) is 7.05 Å². The van der Waals surface area contributed by atoms with Crippen LogP contribution in [0.25, 0.3) is 0 Å². The first-order valence-electron chi connectivity index (χ1n) is 7.17. The average Bonchev–Trinajstić information content (AvgIpc) is 2.90. The normalized spacial score (nSPS) is 17.4. The van der Waals surface area contributed by atoms with Gasteiger partial charge in [-0.25, -0.2) is 0 Å². The fourth-order valence-electron chi connectivity index (χ4n) is 3.15. The molecule has 3 N–H and O–H groups in total. The van der Waals surface area contributed by atoms with Gasteiger partial charge in [-0.3, -0.25) is 4.68 Å². The Bertz CT molecular complexity index is 642. The van der Waals surface area contributed by atoms with Crippen LogP contribution in [0.15, 0.2) is 18.2 Å². The van der Waals surface area contributed by atoms with Crippen LogP contribution in [0.5, 0.6) is 0 Å². The van der Waals surface area contributed by atoms with Gasteiger partial charge in [-0.05, 0) is 49.9 Å². The summed E-state index contributed by atoms with van der Waals surface area (Å²) in [6.07, 6.45) is 2.26. The van der Waals surface area contributed by atoms with Crippen LogP contribution in [0.4, 0.5) is 5.69 Å². The molecule has 1 unspecified atom stereocenters. The zero-order valence-corrected chi connectivity index (χ0v) is 12.4. The van der Waals surface area contributed by atoms with E-state index in [1.807, 2.05) is 17.8 Å². The third kappa shape index (κ3) is 2.20. The summed E-state index contributed by atoms with van der Waals surface area (Å²) in [5, 5.41) is 8.15. The Balaban J connectivity index is 1.75. The number of rotatable bonds is 3. The van der Waals surface area contributed by atoms with Gasteiger partial charge < -0.3 is 11.1 Å². The number of fused-ring (bicyclic) bond motifs is 1. The highest BCUT2D eigenvalue weighted by Gasteiger charge is 2.22. The minimum Gasteiger partial charge on any atom is -0.399 e. The first kappa shape index (κ1) is 13.2. The van der Waals surface area contributed by atoms with Crippen molar-refractivity contribution in [2.45, 2.75) is 39.3 Å². The van der Waals surface area contributed by atoms with Crippen molar-refractivity contribution in [1.82, 2.24) is 15.1 Å². The molecule has 1 aromatic heterocycles. The van der Waals surface area contributed by atoms with Crippen LogP contribution in [0.3, 0.4) is 0 Å². The Hall–Kier alpha value is -1.81. The molecule has 0 radical (unpaired) electrons. The lowest BCUT2D eigenvalue weighted by Crippen LogP contribution is -2.19. The molecule has 1 heterocycles. The van der Waals surface area contributed by atoms with Gasteiger partial charge in [0.25, 0.3) is 0 Å². The number of nitrogens with one attached hydrogen (secondary N) is 1. The number of benzene rings is 1. The fourth-order valence-corrected chi connectivity index (χ4v) is 3.15. The maximum Gasteiger partial charge on any atom is 0.0641 e. The topological polar surface area (TPSA) is 55.9 Å². The molecule has 1 aliphatic carbocycles. The highest BCUT2D eigenvalue weighted by atomic mass is 15.3.